The second kappa shape index (κ2) is 8.51. The molecule has 2 rings (SSSR count). The van der Waals surface area contributed by atoms with E-state index >= 15 is 0 Å². The van der Waals surface area contributed by atoms with E-state index in [0.717, 1.165) is 5.56 Å². The van der Waals surface area contributed by atoms with Gasteiger partial charge in [-0.15, -0.1) is 0 Å². The first-order chi connectivity index (χ1) is 11.3. The molecule has 3 nitrogen and oxygen atoms in total. The van der Waals surface area contributed by atoms with Crippen LogP contribution in [0.3, 0.4) is 0 Å². The molecule has 24 heavy (non-hydrogen) atoms. The van der Waals surface area contributed by atoms with E-state index in [0.29, 0.717) is 12.8 Å². The third-order valence-corrected chi connectivity index (χ3v) is 5.31. The lowest BCUT2D eigenvalue weighted by molar-refractivity contribution is -0.156. The third kappa shape index (κ3) is 5.91. The molecule has 1 saturated heterocycles. The van der Waals surface area contributed by atoms with Gasteiger partial charge in [0, 0.05) is 3.92 Å². The summed E-state index contributed by atoms with van der Waals surface area (Å²) in [6.07, 6.45) is -4.83. The van der Waals surface area contributed by atoms with E-state index in [1.807, 2.05) is 30.3 Å². The Labute approximate surface area is 153 Å². The van der Waals surface area contributed by atoms with Gasteiger partial charge in [0.25, 0.3) is 0 Å². The first kappa shape index (κ1) is 19.5. The maximum atomic E-state index is 12.5. The van der Waals surface area contributed by atoms with Gasteiger partial charge in [0.05, 0.1) is 24.5 Å². The lowest BCUT2D eigenvalue weighted by Crippen LogP contribution is -2.31. The van der Waals surface area contributed by atoms with Gasteiger partial charge in [0.2, 0.25) is 0 Å². The molecular weight excluding hydrogens is 436 g/mol. The SMILES string of the molecule is C[C@H](C(=O)OCc1ccccc1)[C@@H]1CC[C@H]([C@H](I)CC(F)(F)F)O1. The van der Waals surface area contributed by atoms with E-state index in [9.17, 15) is 18.0 Å². The molecule has 7 heteroatoms. The number of hydrogen-bond acceptors (Lipinski definition) is 3. The van der Waals surface area contributed by atoms with Crippen LogP contribution in [0.15, 0.2) is 30.3 Å². The predicted octanol–water partition coefficient (Wildman–Crippen LogP) is 4.67. The van der Waals surface area contributed by atoms with Crippen LogP contribution in [0.2, 0.25) is 0 Å². The summed E-state index contributed by atoms with van der Waals surface area (Å²) in [6, 6.07) is 9.31. The molecule has 0 spiro atoms. The van der Waals surface area contributed by atoms with E-state index in [1.165, 1.54) is 0 Å². The first-order valence-electron chi connectivity index (χ1n) is 7.83. The zero-order valence-corrected chi connectivity index (χ0v) is 15.4. The van der Waals surface area contributed by atoms with Crippen molar-refractivity contribution in [1.82, 2.24) is 0 Å². The Hall–Kier alpha value is -0.830. The molecule has 1 aliphatic heterocycles. The number of carbonyl (C=O) groups is 1. The number of benzene rings is 1. The Kier molecular flexibility index (Phi) is 6.91. The molecule has 1 aliphatic rings. The van der Waals surface area contributed by atoms with Gasteiger partial charge in [-0.2, -0.15) is 13.2 Å². The second-order valence-corrected chi connectivity index (χ2v) is 7.61. The van der Waals surface area contributed by atoms with Gasteiger partial charge in [-0.05, 0) is 25.3 Å². The standard InChI is InChI=1S/C17H20F3IO3/c1-11(16(22)23-10-12-5-3-2-4-6-12)14-7-8-15(24-14)13(21)9-17(18,19)20/h2-6,11,13-15H,7-10H2,1H3/t11-,13+,14-,15+/m0/s1. The first-order valence-corrected chi connectivity index (χ1v) is 9.07. The van der Waals surface area contributed by atoms with Crippen LogP contribution in [0, 0.1) is 5.92 Å². The van der Waals surface area contributed by atoms with Gasteiger partial charge in [-0.1, -0.05) is 52.9 Å². The van der Waals surface area contributed by atoms with Crippen molar-refractivity contribution in [3.63, 3.8) is 0 Å². The quantitative estimate of drug-likeness (QED) is 0.355. The number of hydrogen-bond donors (Lipinski definition) is 0. The van der Waals surface area contributed by atoms with Gasteiger partial charge in [0.15, 0.2) is 0 Å². The van der Waals surface area contributed by atoms with Crippen LogP contribution in [-0.2, 0) is 20.9 Å². The fraction of sp³-hybridized carbons (Fsp3) is 0.588. The van der Waals surface area contributed by atoms with E-state index in [-0.39, 0.29) is 18.7 Å². The number of esters is 1. The van der Waals surface area contributed by atoms with Crippen LogP contribution in [0.5, 0.6) is 0 Å². The fourth-order valence-electron chi connectivity index (χ4n) is 2.69. The Morgan fingerprint density at radius 3 is 2.54 bits per heavy atom. The lowest BCUT2D eigenvalue weighted by atomic mass is 10.0. The average molecular weight is 456 g/mol. The molecule has 0 amide bonds. The molecular formula is C17H20F3IO3. The largest absolute Gasteiger partial charge is 0.461 e. The molecule has 134 valence electrons. The summed E-state index contributed by atoms with van der Waals surface area (Å²) < 4.78 is 47.7. The van der Waals surface area contributed by atoms with Crippen molar-refractivity contribution >= 4 is 28.6 Å². The van der Waals surface area contributed by atoms with E-state index in [4.69, 9.17) is 9.47 Å². The van der Waals surface area contributed by atoms with Gasteiger partial charge >= 0.3 is 12.1 Å². The summed E-state index contributed by atoms with van der Waals surface area (Å²) in [7, 11) is 0. The van der Waals surface area contributed by atoms with E-state index in [2.05, 4.69) is 0 Å². The minimum Gasteiger partial charge on any atom is -0.461 e. The minimum atomic E-state index is -4.20. The van der Waals surface area contributed by atoms with Crippen LogP contribution in [0.4, 0.5) is 13.2 Å². The van der Waals surface area contributed by atoms with E-state index < -0.39 is 28.5 Å². The van der Waals surface area contributed by atoms with Crippen molar-refractivity contribution < 1.29 is 27.4 Å². The molecule has 0 aromatic heterocycles. The molecule has 0 N–H and O–H groups in total. The number of carbonyl (C=O) groups excluding carboxylic acids is 1. The Balaban J connectivity index is 1.80. The summed E-state index contributed by atoms with van der Waals surface area (Å²) in [5, 5.41) is 0. The van der Waals surface area contributed by atoms with E-state index in [1.54, 1.807) is 29.5 Å². The van der Waals surface area contributed by atoms with Crippen LogP contribution in [-0.4, -0.2) is 28.3 Å². The molecule has 0 aliphatic carbocycles. The van der Waals surface area contributed by atoms with Crippen molar-refractivity contribution in [1.29, 1.82) is 0 Å². The highest BCUT2D eigenvalue weighted by Gasteiger charge is 2.40. The monoisotopic (exact) mass is 456 g/mol. The number of alkyl halides is 4. The van der Waals surface area contributed by atoms with Gasteiger partial charge < -0.3 is 9.47 Å². The predicted molar refractivity (Wildman–Crippen MR) is 91.8 cm³/mol. The maximum Gasteiger partial charge on any atom is 0.390 e. The number of rotatable bonds is 6. The third-order valence-electron chi connectivity index (χ3n) is 4.07. The molecule has 4 atom stereocenters. The van der Waals surface area contributed by atoms with Gasteiger partial charge in [-0.25, -0.2) is 0 Å². The summed E-state index contributed by atoms with van der Waals surface area (Å²) in [5.74, 6) is -0.876. The van der Waals surface area contributed by atoms with Gasteiger partial charge in [-0.3, -0.25) is 4.79 Å². The zero-order valence-electron chi connectivity index (χ0n) is 13.3. The van der Waals surface area contributed by atoms with Crippen LogP contribution in [0.25, 0.3) is 0 Å². The van der Waals surface area contributed by atoms with Crippen molar-refractivity contribution in [3.8, 4) is 0 Å². The Morgan fingerprint density at radius 2 is 1.92 bits per heavy atom. The fourth-order valence-corrected chi connectivity index (χ4v) is 3.72. The Morgan fingerprint density at radius 1 is 1.29 bits per heavy atom. The topological polar surface area (TPSA) is 35.5 Å². The molecule has 1 aromatic carbocycles. The summed E-state index contributed by atoms with van der Waals surface area (Å²) in [5.41, 5.74) is 0.890. The zero-order chi connectivity index (χ0) is 17.7. The molecule has 0 bridgehead atoms. The van der Waals surface area contributed by atoms with Crippen LogP contribution in [0.1, 0.15) is 31.7 Å². The van der Waals surface area contributed by atoms with Crippen molar-refractivity contribution in [2.24, 2.45) is 5.92 Å². The van der Waals surface area contributed by atoms with Crippen molar-refractivity contribution in [2.45, 2.75) is 55.1 Å². The smallest absolute Gasteiger partial charge is 0.390 e. The van der Waals surface area contributed by atoms with Gasteiger partial charge in [0.1, 0.15) is 6.61 Å². The molecule has 0 radical (unpaired) electrons. The normalized spacial score (nSPS) is 23.7. The average Bonchev–Trinajstić information content (AvgIpc) is 3.01. The highest BCUT2D eigenvalue weighted by atomic mass is 127. The maximum absolute atomic E-state index is 12.5. The minimum absolute atomic E-state index is 0.184. The number of halogens is 4. The van der Waals surface area contributed by atoms with Crippen molar-refractivity contribution in [3.05, 3.63) is 35.9 Å². The summed E-state index contributed by atoms with van der Waals surface area (Å²) in [4.78, 5) is 12.1. The second-order valence-electron chi connectivity index (χ2n) is 6.01. The van der Waals surface area contributed by atoms with Crippen molar-refractivity contribution in [2.75, 3.05) is 0 Å². The molecule has 1 fully saturated rings. The summed E-state index contributed by atoms with van der Waals surface area (Å²) >= 11 is 1.78. The highest BCUT2D eigenvalue weighted by Crippen LogP contribution is 2.35. The van der Waals surface area contributed by atoms with Crippen LogP contribution < -0.4 is 0 Å². The van der Waals surface area contributed by atoms with Crippen LogP contribution >= 0.6 is 22.6 Å². The molecule has 0 unspecified atom stereocenters. The Bertz CT molecular complexity index is 536. The molecule has 1 aromatic rings. The summed E-state index contributed by atoms with van der Waals surface area (Å²) in [6.45, 7) is 1.88. The number of ether oxygens (including phenoxy) is 2. The molecule has 0 saturated carbocycles. The molecule has 1 heterocycles. The lowest BCUT2D eigenvalue weighted by Gasteiger charge is -2.22. The highest BCUT2D eigenvalue weighted by molar-refractivity contribution is 14.1.